The number of benzene rings is 1. The molecule has 1 N–H and O–H groups in total. The van der Waals surface area contributed by atoms with Crippen LogP contribution in [0.4, 0.5) is 5.69 Å². The van der Waals surface area contributed by atoms with Crippen LogP contribution in [-0.2, 0) is 17.6 Å². The molecule has 0 aliphatic heterocycles. The van der Waals surface area contributed by atoms with Crippen molar-refractivity contribution in [3.8, 4) is 11.9 Å². The molecular weight excluding hydrogens is 336 g/mol. The summed E-state index contributed by atoms with van der Waals surface area (Å²) in [5.74, 6) is 0.166. The van der Waals surface area contributed by atoms with Gasteiger partial charge in [0, 0.05) is 10.6 Å². The smallest absolute Gasteiger partial charge is 0.262 e. The summed E-state index contributed by atoms with van der Waals surface area (Å²) in [6.45, 7) is -0.145. The average Bonchev–Trinajstić information content (AvgIpc) is 3.21. The maximum absolute atomic E-state index is 12.1. The number of fused-ring (bicyclic) bond motifs is 3. The molecule has 1 aromatic carbocycles. The number of rotatable bonds is 4. The van der Waals surface area contributed by atoms with Crippen LogP contribution in [-0.4, -0.2) is 22.5 Å². The number of ether oxygens (including phenoxy) is 1. The number of carbonyl (C=O) groups is 1. The highest BCUT2D eigenvalue weighted by molar-refractivity contribution is 7.18. The average molecular weight is 350 g/mol. The zero-order valence-electron chi connectivity index (χ0n) is 13.3. The molecule has 4 rings (SSSR count). The van der Waals surface area contributed by atoms with Gasteiger partial charge in [0.05, 0.1) is 17.0 Å². The number of thiophene rings is 1. The van der Waals surface area contributed by atoms with Gasteiger partial charge in [-0.25, -0.2) is 9.97 Å². The fraction of sp³-hybridized carbons (Fsp3) is 0.222. The monoisotopic (exact) mass is 350 g/mol. The lowest BCUT2D eigenvalue weighted by molar-refractivity contribution is -0.118. The van der Waals surface area contributed by atoms with Gasteiger partial charge in [-0.2, -0.15) is 5.26 Å². The van der Waals surface area contributed by atoms with Crippen LogP contribution in [0.25, 0.3) is 10.2 Å². The Bertz CT molecular complexity index is 1010. The van der Waals surface area contributed by atoms with E-state index in [1.807, 2.05) is 6.07 Å². The number of nitrogens with one attached hydrogen (secondary N) is 1. The van der Waals surface area contributed by atoms with Crippen molar-refractivity contribution in [3.05, 3.63) is 46.6 Å². The Morgan fingerprint density at radius 1 is 1.36 bits per heavy atom. The molecule has 0 radical (unpaired) electrons. The maximum Gasteiger partial charge on any atom is 0.262 e. The van der Waals surface area contributed by atoms with Gasteiger partial charge in [0.15, 0.2) is 6.61 Å². The van der Waals surface area contributed by atoms with Gasteiger partial charge in [-0.1, -0.05) is 6.07 Å². The van der Waals surface area contributed by atoms with Gasteiger partial charge in [-0.15, -0.1) is 11.3 Å². The van der Waals surface area contributed by atoms with Gasteiger partial charge in [0.2, 0.25) is 5.88 Å². The Morgan fingerprint density at radius 3 is 3.16 bits per heavy atom. The van der Waals surface area contributed by atoms with E-state index in [1.54, 1.807) is 35.6 Å². The summed E-state index contributed by atoms with van der Waals surface area (Å²) in [5.41, 5.74) is 2.32. The molecular formula is C18H14N4O2S. The number of nitrogens with zero attached hydrogens (tertiary/aromatic N) is 3. The van der Waals surface area contributed by atoms with Crippen LogP contribution in [0.3, 0.4) is 0 Å². The molecule has 0 saturated carbocycles. The molecule has 0 saturated heterocycles. The van der Waals surface area contributed by atoms with Crippen LogP contribution < -0.4 is 10.1 Å². The molecule has 1 amide bonds. The quantitative estimate of drug-likeness (QED) is 0.781. The second-order valence-electron chi connectivity index (χ2n) is 5.75. The third-order valence-corrected chi connectivity index (χ3v) is 5.28. The highest BCUT2D eigenvalue weighted by atomic mass is 32.1. The minimum Gasteiger partial charge on any atom is -0.467 e. The van der Waals surface area contributed by atoms with E-state index >= 15 is 0 Å². The Labute approximate surface area is 148 Å². The van der Waals surface area contributed by atoms with Crippen molar-refractivity contribution < 1.29 is 9.53 Å². The van der Waals surface area contributed by atoms with Gasteiger partial charge in [0.25, 0.3) is 5.91 Å². The molecule has 0 bridgehead atoms. The van der Waals surface area contributed by atoms with E-state index in [9.17, 15) is 4.79 Å². The van der Waals surface area contributed by atoms with Crippen molar-refractivity contribution >= 4 is 33.1 Å². The van der Waals surface area contributed by atoms with Gasteiger partial charge in [-0.3, -0.25) is 4.79 Å². The Kier molecular flexibility index (Phi) is 4.04. The van der Waals surface area contributed by atoms with E-state index < -0.39 is 0 Å². The predicted molar refractivity (Wildman–Crippen MR) is 94.7 cm³/mol. The van der Waals surface area contributed by atoms with Crippen LogP contribution in [0.1, 0.15) is 22.4 Å². The molecule has 3 aromatic rings. The SMILES string of the molecule is N#Cc1cccc(NC(=O)COc2ncnc3sc4c(c23)CCC4)c1. The third-order valence-electron chi connectivity index (χ3n) is 4.08. The van der Waals surface area contributed by atoms with Crippen molar-refractivity contribution in [1.82, 2.24) is 9.97 Å². The minimum absolute atomic E-state index is 0.145. The second kappa shape index (κ2) is 6.49. The molecule has 25 heavy (non-hydrogen) atoms. The van der Waals surface area contributed by atoms with Crippen LogP contribution in [0.15, 0.2) is 30.6 Å². The number of carbonyl (C=O) groups excluding carboxylic acids is 1. The summed E-state index contributed by atoms with van der Waals surface area (Å²) in [6.07, 6.45) is 4.69. The molecule has 2 aromatic heterocycles. The number of hydrogen-bond acceptors (Lipinski definition) is 6. The number of amides is 1. The number of hydrogen-bond donors (Lipinski definition) is 1. The zero-order valence-corrected chi connectivity index (χ0v) is 14.1. The molecule has 1 aliphatic carbocycles. The fourth-order valence-corrected chi connectivity index (χ4v) is 4.23. The molecule has 0 unspecified atom stereocenters. The van der Waals surface area contributed by atoms with E-state index in [0.717, 1.165) is 29.5 Å². The molecule has 6 nitrogen and oxygen atoms in total. The molecule has 7 heteroatoms. The summed E-state index contributed by atoms with van der Waals surface area (Å²) in [6, 6.07) is 8.79. The van der Waals surface area contributed by atoms with Crippen LogP contribution in [0.5, 0.6) is 5.88 Å². The summed E-state index contributed by atoms with van der Waals surface area (Å²) in [5, 5.41) is 12.6. The molecule has 2 heterocycles. The first-order valence-corrected chi connectivity index (χ1v) is 8.74. The number of nitriles is 1. The van der Waals surface area contributed by atoms with E-state index in [0.29, 0.717) is 17.1 Å². The minimum atomic E-state index is -0.297. The summed E-state index contributed by atoms with van der Waals surface area (Å²) in [7, 11) is 0. The zero-order chi connectivity index (χ0) is 17.2. The van der Waals surface area contributed by atoms with Gasteiger partial charge in [0.1, 0.15) is 11.2 Å². The third kappa shape index (κ3) is 3.04. The number of aryl methyl sites for hydroxylation is 2. The lowest BCUT2D eigenvalue weighted by Gasteiger charge is -2.08. The summed E-state index contributed by atoms with van der Waals surface area (Å²) >= 11 is 1.68. The number of anilines is 1. The topological polar surface area (TPSA) is 87.9 Å². The lowest BCUT2D eigenvalue weighted by atomic mass is 10.2. The second-order valence-corrected chi connectivity index (χ2v) is 6.83. The fourth-order valence-electron chi connectivity index (χ4n) is 3.01. The molecule has 124 valence electrons. The van der Waals surface area contributed by atoms with Crippen molar-refractivity contribution in [1.29, 1.82) is 5.26 Å². The number of aromatic nitrogens is 2. The van der Waals surface area contributed by atoms with Gasteiger partial charge in [-0.05, 0) is 43.0 Å². The van der Waals surface area contributed by atoms with Gasteiger partial charge < -0.3 is 10.1 Å². The van der Waals surface area contributed by atoms with Gasteiger partial charge >= 0.3 is 0 Å². The Hall–Kier alpha value is -2.98. The Morgan fingerprint density at radius 2 is 2.28 bits per heavy atom. The van der Waals surface area contributed by atoms with Crippen LogP contribution >= 0.6 is 11.3 Å². The van der Waals surface area contributed by atoms with E-state index in [2.05, 4.69) is 15.3 Å². The lowest BCUT2D eigenvalue weighted by Crippen LogP contribution is -2.20. The summed E-state index contributed by atoms with van der Waals surface area (Å²) in [4.78, 5) is 22.9. The molecule has 0 fully saturated rings. The van der Waals surface area contributed by atoms with E-state index in [4.69, 9.17) is 10.00 Å². The first-order valence-electron chi connectivity index (χ1n) is 7.92. The van der Waals surface area contributed by atoms with E-state index in [1.165, 1.54) is 16.8 Å². The largest absolute Gasteiger partial charge is 0.467 e. The van der Waals surface area contributed by atoms with E-state index in [-0.39, 0.29) is 12.5 Å². The molecule has 1 aliphatic rings. The molecule has 0 spiro atoms. The van der Waals surface area contributed by atoms with Crippen molar-refractivity contribution in [3.63, 3.8) is 0 Å². The normalized spacial score (nSPS) is 12.6. The highest BCUT2D eigenvalue weighted by Crippen LogP contribution is 2.39. The summed E-state index contributed by atoms with van der Waals surface area (Å²) < 4.78 is 5.67. The first kappa shape index (κ1) is 15.5. The van der Waals surface area contributed by atoms with Crippen LogP contribution in [0, 0.1) is 11.3 Å². The van der Waals surface area contributed by atoms with Crippen molar-refractivity contribution in [2.24, 2.45) is 0 Å². The van der Waals surface area contributed by atoms with Crippen LogP contribution in [0.2, 0.25) is 0 Å². The standard InChI is InChI=1S/C18H14N4O2S/c19-8-11-3-1-4-12(7-11)22-15(23)9-24-17-16-13-5-2-6-14(13)25-18(16)21-10-20-17/h1,3-4,7,10H,2,5-6,9H2,(H,22,23). The molecule has 0 atom stereocenters. The first-order chi connectivity index (χ1) is 12.2. The van der Waals surface area contributed by atoms with Crippen molar-refractivity contribution in [2.75, 3.05) is 11.9 Å². The predicted octanol–water partition coefficient (Wildman–Crippen LogP) is 3.07. The highest BCUT2D eigenvalue weighted by Gasteiger charge is 2.22. The van der Waals surface area contributed by atoms with Crippen molar-refractivity contribution in [2.45, 2.75) is 19.3 Å². The maximum atomic E-state index is 12.1. The Balaban J connectivity index is 1.49.